The monoisotopic (exact) mass is 601 g/mol. The number of carbonyl (C=O) groups excluding carboxylic acids is 3. The smallest absolute Gasteiger partial charge is 0.416 e. The van der Waals surface area contributed by atoms with Gasteiger partial charge in [-0.3, -0.25) is 19.5 Å². The number of amides is 3. The van der Waals surface area contributed by atoms with Crippen molar-refractivity contribution < 1.29 is 23.5 Å². The molecule has 1 aliphatic rings. The van der Waals surface area contributed by atoms with E-state index in [1.54, 1.807) is 60.7 Å². The van der Waals surface area contributed by atoms with E-state index in [0.717, 1.165) is 5.56 Å². The number of hydrogen-bond donors (Lipinski definition) is 2. The van der Waals surface area contributed by atoms with E-state index in [1.165, 1.54) is 17.3 Å². The van der Waals surface area contributed by atoms with Crippen LogP contribution in [0.5, 0.6) is 0 Å². The Morgan fingerprint density at radius 3 is 2.58 bits per heavy atom. The van der Waals surface area contributed by atoms with E-state index in [4.69, 9.17) is 9.15 Å². The number of aromatic nitrogens is 3. The fraction of sp³-hybridized carbons (Fsp3) is 0.182. The van der Waals surface area contributed by atoms with Gasteiger partial charge in [0.1, 0.15) is 23.1 Å². The zero-order chi connectivity index (χ0) is 31.5. The van der Waals surface area contributed by atoms with Crippen LogP contribution in [0.4, 0.5) is 16.3 Å². The number of anilines is 2. The van der Waals surface area contributed by atoms with Crippen LogP contribution in [0.1, 0.15) is 51.7 Å². The van der Waals surface area contributed by atoms with Gasteiger partial charge in [-0.25, -0.2) is 14.8 Å². The Kier molecular flexibility index (Phi) is 7.90. The van der Waals surface area contributed by atoms with Gasteiger partial charge in [0.2, 0.25) is 5.89 Å². The predicted octanol–water partition coefficient (Wildman–Crippen LogP) is 5.29. The van der Waals surface area contributed by atoms with Crippen LogP contribution in [-0.2, 0) is 4.74 Å². The van der Waals surface area contributed by atoms with Gasteiger partial charge < -0.3 is 19.8 Å². The molecule has 2 aromatic carbocycles. The molecule has 1 fully saturated rings. The lowest BCUT2D eigenvalue weighted by Crippen LogP contribution is -2.34. The second-order valence-electron chi connectivity index (χ2n) is 10.7. The highest BCUT2D eigenvalue weighted by atomic mass is 16.6. The van der Waals surface area contributed by atoms with Crippen molar-refractivity contribution in [2.75, 3.05) is 23.3 Å². The topological polar surface area (TPSA) is 163 Å². The number of rotatable bonds is 8. The highest BCUT2D eigenvalue weighted by Gasteiger charge is 2.33. The second kappa shape index (κ2) is 12.3. The maximum atomic E-state index is 12.9. The van der Waals surface area contributed by atoms with Crippen LogP contribution >= 0.6 is 0 Å². The maximum absolute atomic E-state index is 12.9. The summed E-state index contributed by atoms with van der Waals surface area (Å²) in [5.41, 5.74) is 4.48. The third kappa shape index (κ3) is 6.18. The lowest BCUT2D eigenvalue weighted by Gasteiger charge is -2.13. The van der Waals surface area contributed by atoms with Crippen LogP contribution in [0.15, 0.2) is 83.5 Å². The van der Waals surface area contributed by atoms with Crippen LogP contribution in [0.3, 0.4) is 0 Å². The number of carbonyl (C=O) groups is 3. The molecule has 2 N–H and O–H groups in total. The summed E-state index contributed by atoms with van der Waals surface area (Å²) in [5.74, 6) is 0.180. The zero-order valence-electron chi connectivity index (χ0n) is 24.4. The minimum Gasteiger partial charge on any atom is -0.442 e. The quantitative estimate of drug-likeness (QED) is 0.241. The van der Waals surface area contributed by atoms with Crippen molar-refractivity contribution in [2.24, 2.45) is 0 Å². The normalized spacial score (nSPS) is 14.3. The molecule has 6 rings (SSSR count). The first-order valence-electron chi connectivity index (χ1n) is 14.2. The second-order valence-corrected chi connectivity index (χ2v) is 10.7. The summed E-state index contributed by atoms with van der Waals surface area (Å²) in [6.07, 6.45) is 1.80. The average molecular weight is 602 g/mol. The van der Waals surface area contributed by atoms with E-state index in [9.17, 15) is 19.6 Å². The first-order chi connectivity index (χ1) is 21.8. The van der Waals surface area contributed by atoms with Crippen LogP contribution in [0.25, 0.3) is 22.6 Å². The standard InChI is InChI=1S/C33H27N7O5/c1-19(2)25-13-20(15-34)14-27-29(25)45-32(39-27)22-8-6-21(7-9-22)30(41)37-17-24-18-40(33(43)44-24)28-11-10-23(16-36-28)38-31(42)26-5-3-4-12-35-26/h3-14,16,19,24H,17-18H2,1-2H3,(H,37,41)(H,38,42). The van der Waals surface area contributed by atoms with Gasteiger partial charge in [0.15, 0.2) is 5.58 Å². The van der Waals surface area contributed by atoms with Crippen molar-refractivity contribution in [1.29, 1.82) is 5.26 Å². The Hall–Kier alpha value is -6.09. The van der Waals surface area contributed by atoms with Crippen molar-refractivity contribution in [3.63, 3.8) is 0 Å². The number of nitrogens with one attached hydrogen (secondary N) is 2. The van der Waals surface area contributed by atoms with Crippen LogP contribution in [0, 0.1) is 11.3 Å². The SMILES string of the molecule is CC(C)c1cc(C#N)cc2nc(-c3ccc(C(=O)NCC4CN(c5ccc(NC(=O)c6ccccn6)cn5)C(=O)O4)cc3)oc12. The molecule has 1 atom stereocenters. The van der Waals surface area contributed by atoms with Gasteiger partial charge in [-0.1, -0.05) is 19.9 Å². The molecule has 1 aliphatic heterocycles. The number of pyridine rings is 2. The van der Waals surface area contributed by atoms with Gasteiger partial charge in [0.25, 0.3) is 11.8 Å². The Morgan fingerprint density at radius 2 is 1.89 bits per heavy atom. The van der Waals surface area contributed by atoms with Crippen LogP contribution < -0.4 is 15.5 Å². The fourth-order valence-corrected chi connectivity index (χ4v) is 4.88. The molecule has 1 unspecified atom stereocenters. The van der Waals surface area contributed by atoms with E-state index in [1.807, 2.05) is 19.9 Å². The van der Waals surface area contributed by atoms with Crippen molar-refractivity contribution in [3.8, 4) is 17.5 Å². The summed E-state index contributed by atoms with van der Waals surface area (Å²) in [6, 6.07) is 20.7. The van der Waals surface area contributed by atoms with E-state index < -0.39 is 12.2 Å². The number of nitriles is 1. The molecule has 12 nitrogen and oxygen atoms in total. The Labute approximate surface area is 257 Å². The molecular formula is C33H27N7O5. The first kappa shape index (κ1) is 29.0. The molecule has 5 aromatic rings. The van der Waals surface area contributed by atoms with Crippen molar-refractivity contribution >= 4 is 40.5 Å². The highest BCUT2D eigenvalue weighted by Crippen LogP contribution is 2.31. The van der Waals surface area contributed by atoms with Crippen molar-refractivity contribution in [2.45, 2.75) is 25.9 Å². The molecule has 224 valence electrons. The minimum atomic E-state index is -0.586. The number of benzene rings is 2. The summed E-state index contributed by atoms with van der Waals surface area (Å²) in [5, 5.41) is 14.9. The largest absolute Gasteiger partial charge is 0.442 e. The van der Waals surface area contributed by atoms with Gasteiger partial charge >= 0.3 is 6.09 Å². The van der Waals surface area contributed by atoms with Crippen molar-refractivity contribution in [3.05, 3.63) is 102 Å². The van der Waals surface area contributed by atoms with Crippen LogP contribution in [0.2, 0.25) is 0 Å². The summed E-state index contributed by atoms with van der Waals surface area (Å²) < 4.78 is 11.5. The first-order valence-corrected chi connectivity index (χ1v) is 14.2. The Bertz CT molecular complexity index is 1930. The number of nitrogens with zero attached hydrogens (tertiary/aromatic N) is 5. The number of ether oxygens (including phenoxy) is 1. The molecular weight excluding hydrogens is 574 g/mol. The lowest BCUT2D eigenvalue weighted by molar-refractivity contribution is 0.0916. The van der Waals surface area contributed by atoms with Crippen LogP contribution in [-0.4, -0.2) is 52.1 Å². The minimum absolute atomic E-state index is 0.103. The van der Waals surface area contributed by atoms with Gasteiger partial charge in [0, 0.05) is 22.9 Å². The Morgan fingerprint density at radius 1 is 1.07 bits per heavy atom. The third-order valence-corrected chi connectivity index (χ3v) is 7.21. The van der Waals surface area contributed by atoms with Gasteiger partial charge in [-0.2, -0.15) is 5.26 Å². The van der Waals surface area contributed by atoms with Gasteiger partial charge in [-0.15, -0.1) is 0 Å². The molecule has 0 aliphatic carbocycles. The molecule has 0 bridgehead atoms. The molecule has 4 heterocycles. The van der Waals surface area contributed by atoms with E-state index in [0.29, 0.717) is 45.2 Å². The molecule has 1 saturated heterocycles. The van der Waals surface area contributed by atoms with E-state index in [-0.39, 0.29) is 36.5 Å². The summed E-state index contributed by atoms with van der Waals surface area (Å²) in [7, 11) is 0. The molecule has 0 spiro atoms. The average Bonchev–Trinajstić information content (AvgIpc) is 3.67. The number of fused-ring (bicyclic) bond motifs is 1. The summed E-state index contributed by atoms with van der Waals surface area (Å²) in [6.45, 7) is 4.34. The van der Waals surface area contributed by atoms with Crippen molar-refractivity contribution in [1.82, 2.24) is 20.3 Å². The number of oxazole rings is 1. The zero-order valence-corrected chi connectivity index (χ0v) is 24.4. The Balaban J connectivity index is 1.05. The fourth-order valence-electron chi connectivity index (χ4n) is 4.88. The summed E-state index contributed by atoms with van der Waals surface area (Å²) in [4.78, 5) is 51.9. The highest BCUT2D eigenvalue weighted by molar-refractivity contribution is 6.02. The predicted molar refractivity (Wildman–Crippen MR) is 165 cm³/mol. The molecule has 0 radical (unpaired) electrons. The molecule has 12 heteroatoms. The van der Waals surface area contributed by atoms with E-state index in [2.05, 4.69) is 31.7 Å². The van der Waals surface area contributed by atoms with Gasteiger partial charge in [0.05, 0.1) is 36.6 Å². The molecule has 45 heavy (non-hydrogen) atoms. The molecule has 0 saturated carbocycles. The molecule has 3 aromatic heterocycles. The third-order valence-electron chi connectivity index (χ3n) is 7.21. The maximum Gasteiger partial charge on any atom is 0.416 e. The number of hydrogen-bond acceptors (Lipinski definition) is 9. The lowest BCUT2D eigenvalue weighted by atomic mass is 10.00. The van der Waals surface area contributed by atoms with Gasteiger partial charge in [-0.05, 0) is 66.6 Å². The molecule has 3 amide bonds. The number of cyclic esters (lactones) is 1. The summed E-state index contributed by atoms with van der Waals surface area (Å²) >= 11 is 0. The van der Waals surface area contributed by atoms with E-state index >= 15 is 0 Å².